The fourth-order valence-corrected chi connectivity index (χ4v) is 5.28. The van der Waals surface area contributed by atoms with Gasteiger partial charge >= 0.3 is 0 Å². The molecule has 2 fully saturated rings. The molecule has 0 radical (unpaired) electrons. The molecule has 1 aliphatic carbocycles. The van der Waals surface area contributed by atoms with Crippen LogP contribution in [-0.4, -0.2) is 33.1 Å². The molecule has 2 amide bonds. The maximum absolute atomic E-state index is 13.5. The number of nitriles is 1. The van der Waals surface area contributed by atoms with Gasteiger partial charge in [0.2, 0.25) is 11.8 Å². The number of carbonyl (C=O) groups excluding carboxylic acids is 2. The zero-order valence-corrected chi connectivity index (χ0v) is 20.4. The highest BCUT2D eigenvalue weighted by atomic mass is 16.2. The second kappa shape index (κ2) is 8.35. The predicted molar refractivity (Wildman–Crippen MR) is 133 cm³/mol. The highest BCUT2D eigenvalue weighted by molar-refractivity contribution is 6.03. The lowest BCUT2D eigenvalue weighted by Crippen LogP contribution is -2.35. The number of nitrogens with zero attached hydrogens (tertiary/aromatic N) is 5. The molecule has 2 aliphatic rings. The summed E-state index contributed by atoms with van der Waals surface area (Å²) in [5.41, 5.74) is 5.31. The van der Waals surface area contributed by atoms with Crippen LogP contribution in [0.4, 0.5) is 11.4 Å². The Morgan fingerprint density at radius 2 is 2.00 bits per heavy atom. The molecule has 3 aromatic rings. The van der Waals surface area contributed by atoms with Crippen molar-refractivity contribution in [3.8, 4) is 28.5 Å². The van der Waals surface area contributed by atoms with E-state index in [1.165, 1.54) is 6.92 Å². The molecule has 5 rings (SSSR count). The minimum atomic E-state index is -0.913. The molecule has 178 valence electrons. The van der Waals surface area contributed by atoms with E-state index in [9.17, 15) is 14.9 Å². The first-order valence-electron chi connectivity index (χ1n) is 11.9. The monoisotopic (exact) mass is 468 g/mol. The van der Waals surface area contributed by atoms with Gasteiger partial charge in [-0.2, -0.15) is 10.4 Å². The highest BCUT2D eigenvalue weighted by Gasteiger charge is 2.56. The number of benzene rings is 1. The topological polar surface area (TPSA) is 104 Å². The molecule has 0 unspecified atom stereocenters. The summed E-state index contributed by atoms with van der Waals surface area (Å²) in [4.78, 5) is 32.1. The smallest absolute Gasteiger partial charge is 0.247 e. The molecule has 1 aliphatic heterocycles. The van der Waals surface area contributed by atoms with E-state index in [0.29, 0.717) is 24.3 Å². The molecule has 1 saturated heterocycles. The van der Waals surface area contributed by atoms with Gasteiger partial charge in [-0.25, -0.2) is 0 Å². The molecule has 0 bridgehead atoms. The molecule has 8 heteroatoms. The van der Waals surface area contributed by atoms with E-state index in [-0.39, 0.29) is 17.7 Å². The molecule has 8 nitrogen and oxygen atoms in total. The lowest BCUT2D eigenvalue weighted by atomic mass is 9.83. The van der Waals surface area contributed by atoms with E-state index in [2.05, 4.69) is 16.5 Å². The second-order valence-electron chi connectivity index (χ2n) is 9.63. The van der Waals surface area contributed by atoms with Crippen molar-refractivity contribution < 1.29 is 9.59 Å². The molecule has 3 heterocycles. The van der Waals surface area contributed by atoms with Gasteiger partial charge in [0.25, 0.3) is 0 Å². The molecular weight excluding hydrogens is 440 g/mol. The van der Waals surface area contributed by atoms with Crippen molar-refractivity contribution in [2.45, 2.75) is 40.0 Å². The summed E-state index contributed by atoms with van der Waals surface area (Å²) in [7, 11) is 1.87. The van der Waals surface area contributed by atoms with Crippen molar-refractivity contribution in [1.82, 2.24) is 14.8 Å². The Morgan fingerprint density at radius 3 is 2.63 bits per heavy atom. The average Bonchev–Trinajstić information content (AvgIpc) is 3.52. The Hall–Kier alpha value is -3.99. The number of pyridine rings is 1. The van der Waals surface area contributed by atoms with Crippen molar-refractivity contribution in [2.75, 3.05) is 16.8 Å². The number of carbonyl (C=O) groups is 2. The van der Waals surface area contributed by atoms with Crippen LogP contribution >= 0.6 is 0 Å². The lowest BCUT2D eigenvalue weighted by Gasteiger charge is -2.22. The van der Waals surface area contributed by atoms with Crippen molar-refractivity contribution in [2.24, 2.45) is 18.4 Å². The van der Waals surface area contributed by atoms with Crippen LogP contribution in [0.25, 0.3) is 22.4 Å². The first-order chi connectivity index (χ1) is 16.7. The molecule has 35 heavy (non-hydrogen) atoms. The van der Waals surface area contributed by atoms with Crippen molar-refractivity contribution in [3.05, 3.63) is 47.9 Å². The standard InChI is InChI=1S/C27H28N6O2/c1-16-12-20(33-11-10-27(15-28,26(33)35)19-8-9-19)13-24(29-16)25-21(22-14-32(4)31-17(22)2)6-5-7-23(25)30-18(3)34/h5-7,12-14,19H,8-11H2,1-4H3,(H,30,34)/t27-/m1/s1. The first kappa shape index (κ1) is 22.8. The average molecular weight is 469 g/mol. The van der Waals surface area contributed by atoms with Gasteiger partial charge in [-0.1, -0.05) is 12.1 Å². The minimum Gasteiger partial charge on any atom is -0.326 e. The van der Waals surface area contributed by atoms with Crippen molar-refractivity contribution in [1.29, 1.82) is 5.26 Å². The van der Waals surface area contributed by atoms with E-state index >= 15 is 0 Å². The maximum atomic E-state index is 13.5. The number of amides is 2. The van der Waals surface area contributed by atoms with Crippen LogP contribution in [0.1, 0.15) is 37.6 Å². The summed E-state index contributed by atoms with van der Waals surface area (Å²) in [6.07, 6.45) is 4.37. The molecule has 1 saturated carbocycles. The van der Waals surface area contributed by atoms with E-state index in [4.69, 9.17) is 4.98 Å². The summed E-state index contributed by atoms with van der Waals surface area (Å²) in [6, 6.07) is 11.9. The summed E-state index contributed by atoms with van der Waals surface area (Å²) in [6.45, 7) is 5.82. The Bertz CT molecular complexity index is 1400. The Labute approximate surface area is 204 Å². The van der Waals surface area contributed by atoms with Crippen LogP contribution in [0, 0.1) is 36.5 Å². The minimum absolute atomic E-state index is 0.113. The fraction of sp³-hybridized carbons (Fsp3) is 0.370. The number of nitrogens with one attached hydrogen (secondary N) is 1. The van der Waals surface area contributed by atoms with Crippen LogP contribution in [0.2, 0.25) is 0 Å². The van der Waals surface area contributed by atoms with Crippen molar-refractivity contribution >= 4 is 23.2 Å². The molecule has 1 N–H and O–H groups in total. The van der Waals surface area contributed by atoms with Gasteiger partial charge in [0.05, 0.1) is 23.1 Å². The lowest BCUT2D eigenvalue weighted by molar-refractivity contribution is -0.123. The molecule has 1 aromatic carbocycles. The predicted octanol–water partition coefficient (Wildman–Crippen LogP) is 4.38. The molecular formula is C27H28N6O2. The van der Waals surface area contributed by atoms with Crippen molar-refractivity contribution in [3.63, 3.8) is 0 Å². The van der Waals surface area contributed by atoms with Gasteiger partial charge in [-0.05, 0) is 62.8 Å². The van der Waals surface area contributed by atoms with E-state index in [1.54, 1.807) is 9.58 Å². The van der Waals surface area contributed by atoms with E-state index < -0.39 is 5.41 Å². The normalized spacial score (nSPS) is 19.6. The third kappa shape index (κ3) is 3.87. The van der Waals surface area contributed by atoms with Crippen LogP contribution in [0.5, 0.6) is 0 Å². The van der Waals surface area contributed by atoms with Crippen LogP contribution in [0.15, 0.2) is 36.5 Å². The number of aromatic nitrogens is 3. The summed E-state index contributed by atoms with van der Waals surface area (Å²) < 4.78 is 1.76. The summed E-state index contributed by atoms with van der Waals surface area (Å²) >= 11 is 0. The third-order valence-electron chi connectivity index (χ3n) is 7.02. The largest absolute Gasteiger partial charge is 0.326 e. The Morgan fingerprint density at radius 1 is 1.23 bits per heavy atom. The van der Waals surface area contributed by atoms with Gasteiger partial charge in [0.15, 0.2) is 0 Å². The quantitative estimate of drug-likeness (QED) is 0.598. The maximum Gasteiger partial charge on any atom is 0.247 e. The summed E-state index contributed by atoms with van der Waals surface area (Å²) in [5.74, 6) is -0.136. The molecule has 2 aromatic heterocycles. The number of hydrogen-bond donors (Lipinski definition) is 1. The van der Waals surface area contributed by atoms with E-state index in [1.807, 2.05) is 57.4 Å². The van der Waals surface area contributed by atoms with Crippen LogP contribution < -0.4 is 10.2 Å². The third-order valence-corrected chi connectivity index (χ3v) is 7.02. The first-order valence-corrected chi connectivity index (χ1v) is 11.9. The summed E-state index contributed by atoms with van der Waals surface area (Å²) in [5, 5.41) is 17.3. The van der Waals surface area contributed by atoms with Crippen LogP contribution in [0.3, 0.4) is 0 Å². The van der Waals surface area contributed by atoms with Gasteiger partial charge in [0.1, 0.15) is 5.41 Å². The van der Waals surface area contributed by atoms with Crippen LogP contribution in [-0.2, 0) is 16.6 Å². The van der Waals surface area contributed by atoms with Gasteiger partial charge in [0, 0.05) is 49.2 Å². The number of aryl methyl sites for hydroxylation is 3. The van der Waals surface area contributed by atoms with E-state index in [0.717, 1.165) is 46.6 Å². The number of anilines is 2. The molecule has 1 atom stereocenters. The zero-order chi connectivity index (χ0) is 24.9. The zero-order valence-electron chi connectivity index (χ0n) is 20.4. The van der Waals surface area contributed by atoms with Gasteiger partial charge < -0.3 is 10.2 Å². The van der Waals surface area contributed by atoms with Gasteiger partial charge in [-0.15, -0.1) is 0 Å². The Kier molecular flexibility index (Phi) is 5.43. The van der Waals surface area contributed by atoms with Gasteiger partial charge in [-0.3, -0.25) is 19.3 Å². The number of hydrogen-bond acceptors (Lipinski definition) is 5. The molecule has 0 spiro atoms. The Balaban J connectivity index is 1.66. The second-order valence-corrected chi connectivity index (χ2v) is 9.63. The SMILES string of the molecule is CC(=O)Nc1cccc(-c2cn(C)nc2C)c1-c1cc(N2CC[C@@](C#N)(C3CC3)C2=O)cc(C)n1. The highest BCUT2D eigenvalue weighted by Crippen LogP contribution is 2.52. The fourth-order valence-electron chi connectivity index (χ4n) is 5.28. The number of rotatable bonds is 5.